The van der Waals surface area contributed by atoms with Crippen LogP contribution < -0.4 is 15.4 Å². The average Bonchev–Trinajstić information content (AvgIpc) is 2.97. The number of hydrogen-bond donors (Lipinski definition) is 2. The van der Waals surface area contributed by atoms with E-state index in [-0.39, 0.29) is 0 Å². The molecule has 112 valence electrons. The van der Waals surface area contributed by atoms with Crippen LogP contribution in [0.3, 0.4) is 0 Å². The highest BCUT2D eigenvalue weighted by molar-refractivity contribution is 7.80. The lowest BCUT2D eigenvalue weighted by molar-refractivity contribution is 0.417. The summed E-state index contributed by atoms with van der Waals surface area (Å²) >= 11 is 11.2. The molecule has 5 nitrogen and oxygen atoms in total. The Kier molecular flexibility index (Phi) is 5.83. The molecule has 2 aromatic rings. The number of benzene rings is 1. The van der Waals surface area contributed by atoms with Crippen molar-refractivity contribution in [1.29, 1.82) is 0 Å². The van der Waals surface area contributed by atoms with Gasteiger partial charge in [0, 0.05) is 30.5 Å². The smallest absolute Gasteiger partial charge is 0.170 e. The number of ether oxygens (including phenoxy) is 1. The molecule has 0 amide bonds. The van der Waals surface area contributed by atoms with Gasteiger partial charge in [0.1, 0.15) is 5.75 Å². The number of rotatable bonds is 6. The van der Waals surface area contributed by atoms with Gasteiger partial charge in [-0.15, -0.1) is 0 Å². The molecule has 21 heavy (non-hydrogen) atoms. The minimum absolute atomic E-state index is 0.538. The lowest BCUT2D eigenvalue weighted by atomic mass is 10.3. The van der Waals surface area contributed by atoms with Gasteiger partial charge in [-0.25, -0.2) is 0 Å². The summed E-state index contributed by atoms with van der Waals surface area (Å²) < 4.78 is 7.14. The molecule has 1 aromatic carbocycles. The number of nitrogens with one attached hydrogen (secondary N) is 2. The quantitative estimate of drug-likeness (QED) is 0.632. The number of aryl methyl sites for hydroxylation is 1. The Labute approximate surface area is 134 Å². The van der Waals surface area contributed by atoms with Crippen molar-refractivity contribution in [3.05, 3.63) is 41.7 Å². The molecule has 0 unspecified atom stereocenters. The Hall–Kier alpha value is -1.79. The summed E-state index contributed by atoms with van der Waals surface area (Å²) in [6, 6.07) is 7.25. The van der Waals surface area contributed by atoms with Gasteiger partial charge in [-0.3, -0.25) is 4.68 Å². The molecule has 2 N–H and O–H groups in total. The first-order valence-electron chi connectivity index (χ1n) is 6.55. The third kappa shape index (κ3) is 4.91. The number of aromatic nitrogens is 2. The second-order valence-electron chi connectivity index (χ2n) is 4.35. The average molecular weight is 325 g/mol. The molecule has 0 aliphatic carbocycles. The molecule has 0 radical (unpaired) electrons. The van der Waals surface area contributed by atoms with Crippen molar-refractivity contribution in [2.45, 2.75) is 13.0 Å². The zero-order valence-corrected chi connectivity index (χ0v) is 13.2. The molecular formula is C14H17ClN4OS. The molecule has 0 saturated carbocycles. The van der Waals surface area contributed by atoms with E-state index in [1.807, 2.05) is 16.9 Å². The van der Waals surface area contributed by atoms with Gasteiger partial charge in [-0.1, -0.05) is 11.6 Å². The third-order valence-corrected chi connectivity index (χ3v) is 3.30. The maximum atomic E-state index is 5.97. The van der Waals surface area contributed by atoms with Gasteiger partial charge in [0.25, 0.3) is 0 Å². The molecule has 0 fully saturated rings. The molecule has 0 aliphatic heterocycles. The predicted octanol–water partition coefficient (Wildman–Crippen LogP) is 2.92. The van der Waals surface area contributed by atoms with Crippen molar-refractivity contribution in [2.75, 3.05) is 19.0 Å². The zero-order chi connectivity index (χ0) is 15.1. The summed E-state index contributed by atoms with van der Waals surface area (Å²) in [5, 5.41) is 11.5. The Morgan fingerprint density at radius 3 is 3.05 bits per heavy atom. The SMILES string of the molecule is COc1ccc(Cl)cc1NC(=S)NCCCn1cccn1. The largest absolute Gasteiger partial charge is 0.495 e. The minimum atomic E-state index is 0.538. The van der Waals surface area contributed by atoms with Crippen LogP contribution in [0.1, 0.15) is 6.42 Å². The van der Waals surface area contributed by atoms with Crippen LogP contribution in [0.15, 0.2) is 36.7 Å². The van der Waals surface area contributed by atoms with Gasteiger partial charge in [-0.05, 0) is 42.9 Å². The first-order chi connectivity index (χ1) is 10.2. The molecule has 1 heterocycles. The van der Waals surface area contributed by atoms with E-state index in [9.17, 15) is 0 Å². The second kappa shape index (κ2) is 7.85. The fraction of sp³-hybridized carbons (Fsp3) is 0.286. The van der Waals surface area contributed by atoms with E-state index in [1.54, 1.807) is 31.5 Å². The lowest BCUT2D eigenvalue weighted by Crippen LogP contribution is -2.30. The minimum Gasteiger partial charge on any atom is -0.495 e. The van der Waals surface area contributed by atoms with Crippen LogP contribution in [-0.4, -0.2) is 28.5 Å². The number of hydrogen-bond acceptors (Lipinski definition) is 3. The number of nitrogens with zero attached hydrogens (tertiary/aromatic N) is 2. The predicted molar refractivity (Wildman–Crippen MR) is 89.1 cm³/mol. The number of halogens is 1. The lowest BCUT2D eigenvalue weighted by Gasteiger charge is -2.13. The summed E-state index contributed by atoms with van der Waals surface area (Å²) in [5.41, 5.74) is 0.745. The molecule has 1 aromatic heterocycles. The van der Waals surface area contributed by atoms with Gasteiger partial charge in [0.15, 0.2) is 5.11 Å². The monoisotopic (exact) mass is 324 g/mol. The molecular weight excluding hydrogens is 308 g/mol. The standard InChI is InChI=1S/C14H17ClN4OS/c1-20-13-5-4-11(15)10-12(13)18-14(21)16-6-2-8-19-9-3-7-17-19/h3-5,7,9-10H,2,6,8H2,1H3,(H2,16,18,21). The van der Waals surface area contributed by atoms with E-state index in [4.69, 9.17) is 28.6 Å². The van der Waals surface area contributed by atoms with Gasteiger partial charge in [-0.2, -0.15) is 5.10 Å². The van der Waals surface area contributed by atoms with Gasteiger partial charge >= 0.3 is 0 Å². The molecule has 0 spiro atoms. The van der Waals surface area contributed by atoms with E-state index in [2.05, 4.69) is 15.7 Å². The van der Waals surface area contributed by atoms with Crippen molar-refractivity contribution < 1.29 is 4.74 Å². The Morgan fingerprint density at radius 1 is 1.48 bits per heavy atom. The first-order valence-corrected chi connectivity index (χ1v) is 7.33. The highest BCUT2D eigenvalue weighted by atomic mass is 35.5. The van der Waals surface area contributed by atoms with Crippen molar-refractivity contribution in [3.8, 4) is 5.75 Å². The maximum absolute atomic E-state index is 5.97. The van der Waals surface area contributed by atoms with Crippen LogP contribution >= 0.6 is 23.8 Å². The topological polar surface area (TPSA) is 51.1 Å². The molecule has 0 bridgehead atoms. The third-order valence-electron chi connectivity index (χ3n) is 2.82. The number of anilines is 1. The van der Waals surface area contributed by atoms with Crippen molar-refractivity contribution in [3.63, 3.8) is 0 Å². The molecule has 0 saturated heterocycles. The van der Waals surface area contributed by atoms with Crippen LogP contribution in [0.5, 0.6) is 5.75 Å². The molecule has 7 heteroatoms. The Morgan fingerprint density at radius 2 is 2.33 bits per heavy atom. The van der Waals surface area contributed by atoms with Crippen LogP contribution in [0.4, 0.5) is 5.69 Å². The normalized spacial score (nSPS) is 10.2. The van der Waals surface area contributed by atoms with Gasteiger partial charge < -0.3 is 15.4 Å². The summed E-state index contributed by atoms with van der Waals surface area (Å²) in [5.74, 6) is 0.695. The van der Waals surface area contributed by atoms with Crippen molar-refractivity contribution in [1.82, 2.24) is 15.1 Å². The van der Waals surface area contributed by atoms with Crippen LogP contribution in [-0.2, 0) is 6.54 Å². The van der Waals surface area contributed by atoms with Crippen molar-refractivity contribution >= 4 is 34.6 Å². The van der Waals surface area contributed by atoms with E-state index in [1.165, 1.54) is 0 Å². The highest BCUT2D eigenvalue weighted by Gasteiger charge is 2.05. The van der Waals surface area contributed by atoms with E-state index in [0.717, 1.165) is 25.2 Å². The zero-order valence-electron chi connectivity index (χ0n) is 11.7. The summed E-state index contributed by atoms with van der Waals surface area (Å²) in [7, 11) is 1.61. The van der Waals surface area contributed by atoms with E-state index in [0.29, 0.717) is 15.9 Å². The van der Waals surface area contributed by atoms with Gasteiger partial charge in [0.2, 0.25) is 0 Å². The maximum Gasteiger partial charge on any atom is 0.170 e. The number of thiocarbonyl (C=S) groups is 1. The molecule has 0 atom stereocenters. The van der Waals surface area contributed by atoms with E-state index >= 15 is 0 Å². The summed E-state index contributed by atoms with van der Waals surface area (Å²) in [6.07, 6.45) is 4.63. The Bertz CT molecular complexity index is 589. The second-order valence-corrected chi connectivity index (χ2v) is 5.19. The fourth-order valence-corrected chi connectivity index (χ4v) is 2.20. The summed E-state index contributed by atoms with van der Waals surface area (Å²) in [6.45, 7) is 1.61. The fourth-order valence-electron chi connectivity index (χ4n) is 1.82. The van der Waals surface area contributed by atoms with Crippen LogP contribution in [0, 0.1) is 0 Å². The molecule has 2 rings (SSSR count). The first kappa shape index (κ1) is 15.6. The van der Waals surface area contributed by atoms with Gasteiger partial charge in [0.05, 0.1) is 12.8 Å². The Balaban J connectivity index is 1.77. The van der Waals surface area contributed by atoms with Crippen molar-refractivity contribution in [2.24, 2.45) is 0 Å². The van der Waals surface area contributed by atoms with Crippen LogP contribution in [0.25, 0.3) is 0 Å². The number of methoxy groups -OCH3 is 1. The molecule has 0 aliphatic rings. The van der Waals surface area contributed by atoms with E-state index < -0.39 is 0 Å². The summed E-state index contributed by atoms with van der Waals surface area (Å²) in [4.78, 5) is 0. The van der Waals surface area contributed by atoms with Crippen LogP contribution in [0.2, 0.25) is 5.02 Å². The highest BCUT2D eigenvalue weighted by Crippen LogP contribution is 2.27.